The Kier molecular flexibility index (Phi) is 10.8. The molecule has 2 aliphatic rings. The number of carbonyl (C=O) groups is 3. The predicted octanol–water partition coefficient (Wildman–Crippen LogP) is 5.45. The summed E-state index contributed by atoms with van der Waals surface area (Å²) in [5.41, 5.74) is 2.86. The van der Waals surface area contributed by atoms with Crippen molar-refractivity contribution >= 4 is 34.9 Å². The van der Waals surface area contributed by atoms with Gasteiger partial charge in [-0.1, -0.05) is 45.0 Å². The molecule has 2 aliphatic heterocycles. The van der Waals surface area contributed by atoms with E-state index in [1.807, 2.05) is 39.0 Å². The van der Waals surface area contributed by atoms with E-state index in [1.54, 1.807) is 53.4 Å². The number of urea groups is 1. The van der Waals surface area contributed by atoms with Crippen LogP contribution in [0.4, 0.5) is 21.9 Å². The molecule has 244 valence electrons. The molecule has 3 N–H and O–H groups in total. The second kappa shape index (κ2) is 15.1. The number of fused-ring (bicyclic) bond motifs is 1. The standard InChI is InChI=1S/C35H43N5O6/c1-35(2,3)23-32(41)37-28-6-4-5-7-29(28)38-33(42)26-10-8-25(9-11-26)24-40(15-14-39-16-18-44-19-17-39)34(43)36-27-12-13-30-31(22-27)46-21-20-45-30/h4-13,22H,14-21,23-24H2,1-3H3,(H,36,43)(H,37,41)(H,38,42). The molecule has 1 fully saturated rings. The summed E-state index contributed by atoms with van der Waals surface area (Å²) in [5, 5.41) is 8.83. The van der Waals surface area contributed by atoms with Crippen molar-refractivity contribution < 1.29 is 28.6 Å². The largest absolute Gasteiger partial charge is 0.486 e. The van der Waals surface area contributed by atoms with Crippen LogP contribution >= 0.6 is 0 Å². The molecule has 0 bridgehead atoms. The molecule has 0 aromatic heterocycles. The normalized spacial score (nSPS) is 14.7. The Morgan fingerprint density at radius 1 is 0.804 bits per heavy atom. The van der Waals surface area contributed by atoms with Crippen LogP contribution in [0.15, 0.2) is 66.7 Å². The van der Waals surface area contributed by atoms with Gasteiger partial charge in [-0.15, -0.1) is 0 Å². The van der Waals surface area contributed by atoms with Crippen molar-refractivity contribution in [3.05, 3.63) is 77.9 Å². The highest BCUT2D eigenvalue weighted by Gasteiger charge is 2.20. The topological polar surface area (TPSA) is 121 Å². The zero-order chi connectivity index (χ0) is 32.5. The molecule has 0 atom stereocenters. The number of hydrogen-bond acceptors (Lipinski definition) is 7. The lowest BCUT2D eigenvalue weighted by molar-refractivity contribution is -0.117. The molecule has 0 unspecified atom stereocenters. The minimum atomic E-state index is -0.301. The van der Waals surface area contributed by atoms with Crippen LogP contribution in [0.25, 0.3) is 0 Å². The summed E-state index contributed by atoms with van der Waals surface area (Å²) in [5.74, 6) is 0.846. The van der Waals surface area contributed by atoms with E-state index in [0.717, 1.165) is 18.7 Å². The predicted molar refractivity (Wildman–Crippen MR) is 178 cm³/mol. The van der Waals surface area contributed by atoms with Crippen molar-refractivity contribution in [2.24, 2.45) is 5.41 Å². The van der Waals surface area contributed by atoms with E-state index < -0.39 is 0 Å². The fourth-order valence-corrected chi connectivity index (χ4v) is 5.22. The van der Waals surface area contributed by atoms with Crippen LogP contribution < -0.4 is 25.4 Å². The summed E-state index contributed by atoms with van der Waals surface area (Å²) in [6, 6.07) is 19.4. The number of nitrogens with one attached hydrogen (secondary N) is 3. The molecule has 3 aromatic rings. The average molecular weight is 630 g/mol. The van der Waals surface area contributed by atoms with E-state index in [0.29, 0.717) is 86.6 Å². The first-order chi connectivity index (χ1) is 22.1. The first-order valence-corrected chi connectivity index (χ1v) is 15.7. The Hall–Kier alpha value is -4.61. The number of rotatable bonds is 10. The van der Waals surface area contributed by atoms with Gasteiger partial charge in [0.25, 0.3) is 5.91 Å². The van der Waals surface area contributed by atoms with E-state index in [2.05, 4.69) is 20.9 Å². The smallest absolute Gasteiger partial charge is 0.322 e. The minimum absolute atomic E-state index is 0.116. The number of benzene rings is 3. The molecule has 11 heteroatoms. The second-order valence-corrected chi connectivity index (χ2v) is 12.6. The highest BCUT2D eigenvalue weighted by Crippen LogP contribution is 2.33. The third-order valence-electron chi connectivity index (χ3n) is 7.60. The van der Waals surface area contributed by atoms with Gasteiger partial charge in [0.05, 0.1) is 24.6 Å². The number of nitrogens with zero attached hydrogens (tertiary/aromatic N) is 2. The molecule has 46 heavy (non-hydrogen) atoms. The third-order valence-corrected chi connectivity index (χ3v) is 7.60. The van der Waals surface area contributed by atoms with Crippen LogP contribution in [0.2, 0.25) is 0 Å². The minimum Gasteiger partial charge on any atom is -0.486 e. The van der Waals surface area contributed by atoms with Crippen molar-refractivity contribution in [2.75, 3.05) is 68.6 Å². The molecule has 11 nitrogen and oxygen atoms in total. The Labute approximate surface area is 270 Å². The number of carbonyl (C=O) groups excluding carboxylic acids is 3. The lowest BCUT2D eigenvalue weighted by Gasteiger charge is -2.30. The Balaban J connectivity index is 1.24. The summed E-state index contributed by atoms with van der Waals surface area (Å²) in [6.07, 6.45) is 0.356. The fourth-order valence-electron chi connectivity index (χ4n) is 5.22. The zero-order valence-corrected chi connectivity index (χ0v) is 26.8. The Morgan fingerprint density at radius 2 is 1.48 bits per heavy atom. The average Bonchev–Trinajstić information content (AvgIpc) is 3.03. The molecule has 0 aliphatic carbocycles. The van der Waals surface area contributed by atoms with Gasteiger partial charge < -0.3 is 35.1 Å². The van der Waals surface area contributed by atoms with Crippen molar-refractivity contribution in [1.29, 1.82) is 0 Å². The van der Waals surface area contributed by atoms with Crippen molar-refractivity contribution in [3.63, 3.8) is 0 Å². The van der Waals surface area contributed by atoms with Crippen LogP contribution in [-0.2, 0) is 16.1 Å². The highest BCUT2D eigenvalue weighted by atomic mass is 16.6. The van der Waals surface area contributed by atoms with Crippen LogP contribution in [0.1, 0.15) is 43.1 Å². The molecule has 4 amide bonds. The van der Waals surface area contributed by atoms with Gasteiger partial charge in [-0.3, -0.25) is 14.5 Å². The number of ether oxygens (including phenoxy) is 3. The number of para-hydroxylation sites is 2. The van der Waals surface area contributed by atoms with Gasteiger partial charge in [0, 0.05) is 56.5 Å². The maximum absolute atomic E-state index is 13.5. The van der Waals surface area contributed by atoms with Gasteiger partial charge in [0.15, 0.2) is 11.5 Å². The van der Waals surface area contributed by atoms with Gasteiger partial charge in [0.2, 0.25) is 5.91 Å². The monoisotopic (exact) mass is 629 g/mol. The number of morpholine rings is 1. The SMILES string of the molecule is CC(C)(C)CC(=O)Nc1ccccc1NC(=O)c1ccc(CN(CCN2CCOCC2)C(=O)Nc2ccc3c(c2)OCCO3)cc1. The van der Waals surface area contributed by atoms with Crippen LogP contribution in [0, 0.1) is 5.41 Å². The van der Waals surface area contributed by atoms with Crippen molar-refractivity contribution in [3.8, 4) is 11.5 Å². The second-order valence-electron chi connectivity index (χ2n) is 12.6. The van der Waals surface area contributed by atoms with Crippen LogP contribution in [0.3, 0.4) is 0 Å². The summed E-state index contributed by atoms with van der Waals surface area (Å²) in [6.45, 7) is 11.5. The molecule has 0 radical (unpaired) electrons. The maximum Gasteiger partial charge on any atom is 0.322 e. The summed E-state index contributed by atoms with van der Waals surface area (Å²) < 4.78 is 16.8. The molecular formula is C35H43N5O6. The van der Waals surface area contributed by atoms with E-state index in [1.165, 1.54) is 0 Å². The third kappa shape index (κ3) is 9.45. The van der Waals surface area contributed by atoms with Gasteiger partial charge in [0.1, 0.15) is 13.2 Å². The van der Waals surface area contributed by atoms with E-state index in [4.69, 9.17) is 14.2 Å². The molecule has 5 rings (SSSR count). The molecule has 1 saturated heterocycles. The molecule has 0 spiro atoms. The van der Waals surface area contributed by atoms with Crippen LogP contribution in [-0.4, -0.2) is 80.3 Å². The van der Waals surface area contributed by atoms with Gasteiger partial charge in [-0.25, -0.2) is 4.79 Å². The van der Waals surface area contributed by atoms with E-state index in [-0.39, 0.29) is 23.3 Å². The first-order valence-electron chi connectivity index (χ1n) is 15.7. The highest BCUT2D eigenvalue weighted by molar-refractivity contribution is 6.07. The quantitative estimate of drug-likeness (QED) is 0.273. The zero-order valence-electron chi connectivity index (χ0n) is 26.8. The molecule has 2 heterocycles. The van der Waals surface area contributed by atoms with Crippen molar-refractivity contribution in [2.45, 2.75) is 33.7 Å². The fraction of sp³-hybridized carbons (Fsp3) is 0.400. The van der Waals surface area contributed by atoms with Crippen molar-refractivity contribution in [1.82, 2.24) is 9.80 Å². The lowest BCUT2D eigenvalue weighted by atomic mass is 9.92. The number of hydrogen-bond donors (Lipinski definition) is 3. The van der Waals surface area contributed by atoms with Gasteiger partial charge in [-0.2, -0.15) is 0 Å². The Morgan fingerprint density at radius 3 is 2.17 bits per heavy atom. The van der Waals surface area contributed by atoms with Crippen LogP contribution in [0.5, 0.6) is 11.5 Å². The lowest BCUT2D eigenvalue weighted by Crippen LogP contribution is -2.44. The van der Waals surface area contributed by atoms with E-state index in [9.17, 15) is 14.4 Å². The van der Waals surface area contributed by atoms with Gasteiger partial charge >= 0.3 is 6.03 Å². The summed E-state index contributed by atoms with van der Waals surface area (Å²) >= 11 is 0. The molecular weight excluding hydrogens is 586 g/mol. The maximum atomic E-state index is 13.5. The number of anilines is 3. The number of amides is 4. The van der Waals surface area contributed by atoms with E-state index >= 15 is 0 Å². The van der Waals surface area contributed by atoms with Gasteiger partial charge in [-0.05, 0) is 47.4 Å². The Bertz CT molecular complexity index is 1510. The first kappa shape index (κ1) is 32.8. The molecule has 3 aromatic carbocycles. The molecule has 0 saturated carbocycles. The summed E-state index contributed by atoms with van der Waals surface area (Å²) in [7, 11) is 0. The summed E-state index contributed by atoms with van der Waals surface area (Å²) in [4.78, 5) is 43.3.